The lowest BCUT2D eigenvalue weighted by atomic mass is 9.81. The Balaban J connectivity index is 2.14. The van der Waals surface area contributed by atoms with E-state index in [4.69, 9.17) is 0 Å². The van der Waals surface area contributed by atoms with Crippen LogP contribution in [0.4, 0.5) is 10.1 Å². The van der Waals surface area contributed by atoms with Crippen molar-refractivity contribution in [3.63, 3.8) is 0 Å². The minimum Gasteiger partial charge on any atom is -0.392 e. The molecular formula is C13H18FNO. The molecule has 0 aromatic heterocycles. The first-order chi connectivity index (χ1) is 7.49. The zero-order chi connectivity index (χ0) is 11.8. The molecule has 16 heavy (non-hydrogen) atoms. The van der Waals surface area contributed by atoms with Gasteiger partial charge in [-0.2, -0.15) is 0 Å². The Kier molecular flexibility index (Phi) is 2.89. The van der Waals surface area contributed by atoms with Gasteiger partial charge in [-0.25, -0.2) is 4.39 Å². The number of halogens is 1. The number of hydrogen-bond acceptors (Lipinski definition) is 2. The average Bonchev–Trinajstić information content (AvgIpc) is 2.23. The number of rotatable bonds is 1. The molecule has 1 fully saturated rings. The van der Waals surface area contributed by atoms with E-state index >= 15 is 0 Å². The van der Waals surface area contributed by atoms with Crippen molar-refractivity contribution in [3.8, 4) is 0 Å². The van der Waals surface area contributed by atoms with E-state index in [1.807, 2.05) is 0 Å². The van der Waals surface area contributed by atoms with E-state index in [1.165, 1.54) is 12.1 Å². The Labute approximate surface area is 95.7 Å². The maximum absolute atomic E-state index is 12.8. The fourth-order valence-corrected chi connectivity index (χ4v) is 2.22. The number of anilines is 1. The van der Waals surface area contributed by atoms with Crippen LogP contribution in [0.2, 0.25) is 0 Å². The van der Waals surface area contributed by atoms with Crippen LogP contribution in [-0.4, -0.2) is 24.3 Å². The first-order valence-corrected chi connectivity index (χ1v) is 5.68. The predicted molar refractivity (Wildman–Crippen MR) is 63.0 cm³/mol. The largest absolute Gasteiger partial charge is 0.392 e. The molecule has 1 saturated heterocycles. The van der Waals surface area contributed by atoms with Crippen molar-refractivity contribution >= 4 is 5.69 Å². The van der Waals surface area contributed by atoms with E-state index in [-0.39, 0.29) is 17.3 Å². The molecule has 0 bridgehead atoms. The maximum Gasteiger partial charge on any atom is 0.123 e. The number of hydrogen-bond donors (Lipinski definition) is 1. The molecule has 0 amide bonds. The number of benzene rings is 1. The fraction of sp³-hybridized carbons (Fsp3) is 0.538. The van der Waals surface area contributed by atoms with Crippen molar-refractivity contribution in [1.82, 2.24) is 0 Å². The molecule has 2 nitrogen and oxygen atoms in total. The van der Waals surface area contributed by atoms with Crippen molar-refractivity contribution < 1.29 is 9.50 Å². The van der Waals surface area contributed by atoms with Crippen molar-refractivity contribution in [2.24, 2.45) is 5.41 Å². The Hall–Kier alpha value is -1.09. The summed E-state index contributed by atoms with van der Waals surface area (Å²) >= 11 is 0. The summed E-state index contributed by atoms with van der Waals surface area (Å²) in [6.45, 7) is 5.76. The van der Waals surface area contributed by atoms with Gasteiger partial charge in [-0.05, 0) is 30.7 Å². The molecule has 3 heteroatoms. The van der Waals surface area contributed by atoms with E-state index in [1.54, 1.807) is 12.1 Å². The smallest absolute Gasteiger partial charge is 0.123 e. The number of aliphatic hydroxyl groups excluding tert-OH is 1. The highest BCUT2D eigenvalue weighted by Gasteiger charge is 2.34. The van der Waals surface area contributed by atoms with E-state index in [0.29, 0.717) is 0 Å². The SMILES string of the molecule is CC1(C)CN(c2ccc(F)cc2)CCC1O. The molecule has 1 aromatic rings. The molecule has 1 aliphatic rings. The van der Waals surface area contributed by atoms with E-state index in [9.17, 15) is 9.50 Å². The summed E-state index contributed by atoms with van der Waals surface area (Å²) in [5.41, 5.74) is 0.925. The van der Waals surface area contributed by atoms with Crippen molar-refractivity contribution in [2.75, 3.05) is 18.0 Å². The molecule has 1 unspecified atom stereocenters. The third-order valence-electron chi connectivity index (χ3n) is 3.36. The van der Waals surface area contributed by atoms with Crippen molar-refractivity contribution in [3.05, 3.63) is 30.1 Å². The third-order valence-corrected chi connectivity index (χ3v) is 3.36. The summed E-state index contributed by atoms with van der Waals surface area (Å²) < 4.78 is 12.8. The summed E-state index contributed by atoms with van der Waals surface area (Å²) in [7, 11) is 0. The fourth-order valence-electron chi connectivity index (χ4n) is 2.22. The molecule has 1 atom stereocenters. The minimum atomic E-state index is -0.246. The van der Waals surface area contributed by atoms with E-state index in [2.05, 4.69) is 18.7 Å². The predicted octanol–water partition coefficient (Wildman–Crippen LogP) is 2.42. The second-order valence-corrected chi connectivity index (χ2v) is 5.19. The van der Waals surface area contributed by atoms with Gasteiger partial charge in [0, 0.05) is 24.2 Å². The highest BCUT2D eigenvalue weighted by Crippen LogP contribution is 2.31. The Morgan fingerprint density at radius 3 is 2.50 bits per heavy atom. The number of aliphatic hydroxyl groups is 1. The molecule has 1 heterocycles. The van der Waals surface area contributed by atoms with Crippen molar-refractivity contribution in [1.29, 1.82) is 0 Å². The summed E-state index contributed by atoms with van der Waals surface area (Å²) in [5, 5.41) is 9.86. The molecule has 0 spiro atoms. The monoisotopic (exact) mass is 223 g/mol. The Morgan fingerprint density at radius 1 is 1.31 bits per heavy atom. The lowest BCUT2D eigenvalue weighted by Gasteiger charge is -2.42. The van der Waals surface area contributed by atoms with E-state index in [0.717, 1.165) is 25.2 Å². The summed E-state index contributed by atoms with van der Waals surface area (Å²) in [6.07, 6.45) is 0.522. The average molecular weight is 223 g/mol. The summed E-state index contributed by atoms with van der Waals surface area (Å²) in [6, 6.07) is 6.55. The van der Waals surface area contributed by atoms with Crippen LogP contribution < -0.4 is 4.90 Å². The van der Waals surface area contributed by atoms with Gasteiger partial charge in [0.05, 0.1) is 6.10 Å². The van der Waals surface area contributed by atoms with Gasteiger partial charge in [0.1, 0.15) is 5.82 Å². The molecule has 2 rings (SSSR count). The van der Waals surface area contributed by atoms with Gasteiger partial charge in [-0.3, -0.25) is 0 Å². The molecular weight excluding hydrogens is 205 g/mol. The lowest BCUT2D eigenvalue weighted by molar-refractivity contribution is 0.0336. The minimum absolute atomic E-state index is 0.105. The second kappa shape index (κ2) is 4.06. The third kappa shape index (κ3) is 2.19. The Morgan fingerprint density at radius 2 is 1.94 bits per heavy atom. The molecule has 1 N–H and O–H groups in total. The van der Waals surface area contributed by atoms with Crippen LogP contribution in [0.1, 0.15) is 20.3 Å². The maximum atomic E-state index is 12.8. The molecule has 0 aliphatic carbocycles. The molecule has 1 aliphatic heterocycles. The zero-order valence-electron chi connectivity index (χ0n) is 9.78. The second-order valence-electron chi connectivity index (χ2n) is 5.19. The highest BCUT2D eigenvalue weighted by molar-refractivity contribution is 5.47. The van der Waals surface area contributed by atoms with Crippen LogP contribution in [0.15, 0.2) is 24.3 Å². The van der Waals surface area contributed by atoms with Crippen LogP contribution in [0.25, 0.3) is 0 Å². The van der Waals surface area contributed by atoms with Gasteiger partial charge in [0.25, 0.3) is 0 Å². The standard InChI is InChI=1S/C13H18FNO/c1-13(2)9-15(8-7-12(13)16)11-5-3-10(14)4-6-11/h3-6,12,16H,7-9H2,1-2H3. The van der Waals surface area contributed by atoms with Crippen LogP contribution in [-0.2, 0) is 0 Å². The zero-order valence-corrected chi connectivity index (χ0v) is 9.78. The van der Waals surface area contributed by atoms with Crippen LogP contribution in [0.3, 0.4) is 0 Å². The number of nitrogens with zero attached hydrogens (tertiary/aromatic N) is 1. The first kappa shape index (κ1) is 11.4. The summed E-state index contributed by atoms with van der Waals surface area (Å²) in [5.74, 6) is -0.208. The normalized spacial score (nSPS) is 24.5. The van der Waals surface area contributed by atoms with Crippen LogP contribution in [0.5, 0.6) is 0 Å². The molecule has 88 valence electrons. The van der Waals surface area contributed by atoms with Crippen LogP contribution in [0, 0.1) is 11.2 Å². The lowest BCUT2D eigenvalue weighted by Crippen LogP contribution is -2.48. The topological polar surface area (TPSA) is 23.5 Å². The molecule has 1 aromatic carbocycles. The van der Waals surface area contributed by atoms with Crippen LogP contribution >= 0.6 is 0 Å². The first-order valence-electron chi connectivity index (χ1n) is 5.68. The van der Waals surface area contributed by atoms with Gasteiger partial charge in [-0.15, -0.1) is 0 Å². The van der Waals surface area contributed by atoms with E-state index < -0.39 is 0 Å². The van der Waals surface area contributed by atoms with Gasteiger partial charge < -0.3 is 10.0 Å². The van der Waals surface area contributed by atoms with Gasteiger partial charge in [-0.1, -0.05) is 13.8 Å². The van der Waals surface area contributed by atoms with Gasteiger partial charge in [0.15, 0.2) is 0 Å². The van der Waals surface area contributed by atoms with Gasteiger partial charge in [0.2, 0.25) is 0 Å². The molecule has 0 radical (unpaired) electrons. The highest BCUT2D eigenvalue weighted by atomic mass is 19.1. The molecule has 0 saturated carbocycles. The quantitative estimate of drug-likeness (QED) is 0.790. The number of piperidine rings is 1. The Bertz CT molecular complexity index is 361. The van der Waals surface area contributed by atoms with Gasteiger partial charge >= 0.3 is 0 Å². The summed E-state index contributed by atoms with van der Waals surface area (Å²) in [4.78, 5) is 2.20. The van der Waals surface area contributed by atoms with Crippen molar-refractivity contribution in [2.45, 2.75) is 26.4 Å².